The average Bonchev–Trinajstić information content (AvgIpc) is 2.81. The van der Waals surface area contributed by atoms with Gasteiger partial charge in [0.15, 0.2) is 11.5 Å². The molecule has 0 aliphatic rings. The van der Waals surface area contributed by atoms with Crippen LogP contribution in [0.5, 0.6) is 11.5 Å². The van der Waals surface area contributed by atoms with Gasteiger partial charge in [-0.1, -0.05) is 17.7 Å². The summed E-state index contributed by atoms with van der Waals surface area (Å²) in [6, 6.07) is 12.3. The Balaban J connectivity index is 1.88. The molecule has 0 saturated carbocycles. The zero-order valence-electron chi connectivity index (χ0n) is 18.9. The van der Waals surface area contributed by atoms with Crippen molar-refractivity contribution in [2.45, 2.75) is 18.7 Å². The Bertz CT molecular complexity index is 1440. The summed E-state index contributed by atoms with van der Waals surface area (Å²) in [6.45, 7) is 3.75. The third-order valence-electron chi connectivity index (χ3n) is 4.62. The Morgan fingerprint density at radius 1 is 1.06 bits per heavy atom. The molecule has 0 bridgehead atoms. The topological polar surface area (TPSA) is 163 Å². The van der Waals surface area contributed by atoms with E-state index >= 15 is 0 Å². The van der Waals surface area contributed by atoms with Gasteiger partial charge in [-0.3, -0.25) is 25.7 Å². The van der Waals surface area contributed by atoms with Crippen molar-refractivity contribution in [1.29, 1.82) is 0 Å². The molecule has 0 amide bonds. The number of benzene rings is 3. The van der Waals surface area contributed by atoms with Gasteiger partial charge >= 0.3 is 15.8 Å². The molecule has 0 aliphatic heterocycles. The first-order valence-electron chi connectivity index (χ1n) is 10.2. The number of hydrazone groups is 1. The first kappa shape index (κ1) is 26.6. The van der Waals surface area contributed by atoms with Crippen LogP contribution in [0.2, 0.25) is 0 Å². The molecular weight excluding hydrogens is 560 g/mol. The first-order valence-corrected chi connectivity index (χ1v) is 12.4. The highest BCUT2D eigenvalue weighted by molar-refractivity contribution is 9.10. The number of ether oxygens (including phenoxy) is 1. The van der Waals surface area contributed by atoms with Crippen LogP contribution in [0.4, 0.5) is 17.1 Å². The van der Waals surface area contributed by atoms with Crippen molar-refractivity contribution >= 4 is 49.3 Å². The standard InChI is InChI=1S/C22H19BrN4O8S/c1-3-34-21-11-15(13-24-25-19-9-6-16(26(28)29)12-20(19)27(30)31)10-18(23)22(21)35-36(32,33)17-7-4-14(2)5-8-17/h4-13,25H,3H2,1-2H3/b24-13-. The second kappa shape index (κ2) is 11.1. The quantitative estimate of drug-likeness (QED) is 0.147. The number of hydrogen-bond donors (Lipinski definition) is 1. The van der Waals surface area contributed by atoms with Gasteiger partial charge in [0.05, 0.1) is 33.2 Å². The molecule has 3 aromatic rings. The Kier molecular flexibility index (Phi) is 8.22. The van der Waals surface area contributed by atoms with E-state index in [-0.39, 0.29) is 33.2 Å². The van der Waals surface area contributed by atoms with Crippen molar-refractivity contribution in [2.24, 2.45) is 5.10 Å². The van der Waals surface area contributed by atoms with Crippen molar-refractivity contribution in [1.82, 2.24) is 0 Å². The van der Waals surface area contributed by atoms with Crippen LogP contribution in [0, 0.1) is 27.2 Å². The molecule has 0 radical (unpaired) electrons. The molecule has 0 saturated heterocycles. The molecule has 0 heterocycles. The van der Waals surface area contributed by atoms with Gasteiger partial charge < -0.3 is 8.92 Å². The van der Waals surface area contributed by atoms with Gasteiger partial charge in [-0.2, -0.15) is 13.5 Å². The van der Waals surface area contributed by atoms with Crippen LogP contribution in [0.25, 0.3) is 0 Å². The Hall–Kier alpha value is -4.04. The monoisotopic (exact) mass is 578 g/mol. The maximum Gasteiger partial charge on any atom is 0.339 e. The van der Waals surface area contributed by atoms with Gasteiger partial charge in [0, 0.05) is 6.07 Å². The summed E-state index contributed by atoms with van der Waals surface area (Å²) in [5, 5.41) is 26.1. The number of nitro benzene ring substituents is 2. The Morgan fingerprint density at radius 2 is 1.75 bits per heavy atom. The minimum Gasteiger partial charge on any atom is -0.490 e. The van der Waals surface area contributed by atoms with Gasteiger partial charge in [-0.05, 0) is 65.7 Å². The molecule has 12 nitrogen and oxygen atoms in total. The minimum absolute atomic E-state index is 0.0259. The number of rotatable bonds is 10. The van der Waals surface area contributed by atoms with Crippen molar-refractivity contribution in [3.63, 3.8) is 0 Å². The molecule has 3 aromatic carbocycles. The Morgan fingerprint density at radius 3 is 2.36 bits per heavy atom. The number of aryl methyl sites for hydroxylation is 1. The van der Waals surface area contributed by atoms with Crippen LogP contribution < -0.4 is 14.3 Å². The van der Waals surface area contributed by atoms with Gasteiger partial charge in [0.25, 0.3) is 5.69 Å². The van der Waals surface area contributed by atoms with Crippen molar-refractivity contribution in [3.8, 4) is 11.5 Å². The zero-order valence-corrected chi connectivity index (χ0v) is 21.3. The third kappa shape index (κ3) is 6.34. The normalized spacial score (nSPS) is 11.3. The third-order valence-corrected chi connectivity index (χ3v) is 6.45. The van der Waals surface area contributed by atoms with Crippen molar-refractivity contribution in [3.05, 3.63) is 90.4 Å². The lowest BCUT2D eigenvalue weighted by Gasteiger charge is -2.14. The number of hydrogen-bond acceptors (Lipinski definition) is 10. The minimum atomic E-state index is -4.15. The fourth-order valence-corrected chi connectivity index (χ4v) is 4.53. The largest absolute Gasteiger partial charge is 0.490 e. The smallest absolute Gasteiger partial charge is 0.339 e. The maximum atomic E-state index is 12.8. The Labute approximate surface area is 214 Å². The van der Waals surface area contributed by atoms with Gasteiger partial charge in [-0.25, -0.2) is 0 Å². The molecule has 36 heavy (non-hydrogen) atoms. The summed E-state index contributed by atoms with van der Waals surface area (Å²) in [6.07, 6.45) is 1.30. The number of halogens is 1. The molecule has 0 fully saturated rings. The van der Waals surface area contributed by atoms with E-state index in [1.165, 1.54) is 36.5 Å². The number of nitro groups is 2. The molecule has 1 N–H and O–H groups in total. The molecular formula is C22H19BrN4O8S. The summed E-state index contributed by atoms with van der Waals surface area (Å²) in [5.41, 5.74) is 2.79. The molecule has 0 aromatic heterocycles. The predicted octanol–water partition coefficient (Wildman–Crippen LogP) is 5.19. The predicted molar refractivity (Wildman–Crippen MR) is 135 cm³/mol. The molecule has 188 valence electrons. The van der Waals surface area contributed by atoms with Gasteiger partial charge in [0.1, 0.15) is 10.6 Å². The second-order valence-electron chi connectivity index (χ2n) is 7.20. The molecule has 0 spiro atoms. The van der Waals surface area contributed by atoms with Crippen LogP contribution in [-0.2, 0) is 10.1 Å². The van der Waals surface area contributed by atoms with Crippen LogP contribution in [0.1, 0.15) is 18.1 Å². The number of anilines is 1. The zero-order chi connectivity index (χ0) is 26.5. The summed E-state index contributed by atoms with van der Waals surface area (Å²) < 4.78 is 36.7. The van der Waals surface area contributed by atoms with E-state index in [0.717, 1.165) is 17.7 Å². The van der Waals surface area contributed by atoms with E-state index in [2.05, 4.69) is 26.5 Å². The number of non-ortho nitro benzene ring substituents is 1. The highest BCUT2D eigenvalue weighted by atomic mass is 79.9. The van der Waals surface area contributed by atoms with Gasteiger partial charge in [-0.15, -0.1) is 0 Å². The maximum absolute atomic E-state index is 12.8. The van der Waals surface area contributed by atoms with Crippen molar-refractivity contribution in [2.75, 3.05) is 12.0 Å². The summed E-state index contributed by atoms with van der Waals surface area (Å²) >= 11 is 3.29. The fraction of sp³-hybridized carbons (Fsp3) is 0.136. The second-order valence-corrected chi connectivity index (χ2v) is 9.60. The summed E-state index contributed by atoms with van der Waals surface area (Å²) in [5.74, 6) is 0.0545. The number of nitrogens with zero attached hydrogens (tertiary/aromatic N) is 3. The lowest BCUT2D eigenvalue weighted by Crippen LogP contribution is -2.11. The molecule has 0 atom stereocenters. The van der Waals surface area contributed by atoms with Crippen LogP contribution in [0.3, 0.4) is 0 Å². The highest BCUT2D eigenvalue weighted by Crippen LogP contribution is 2.38. The van der Waals surface area contributed by atoms with E-state index < -0.39 is 31.3 Å². The van der Waals surface area contributed by atoms with E-state index in [4.69, 9.17) is 8.92 Å². The lowest BCUT2D eigenvalue weighted by atomic mass is 10.2. The lowest BCUT2D eigenvalue weighted by molar-refractivity contribution is -0.393. The first-order chi connectivity index (χ1) is 17.0. The van der Waals surface area contributed by atoms with Gasteiger partial charge in [0.2, 0.25) is 0 Å². The molecule has 0 aliphatic carbocycles. The average molecular weight is 579 g/mol. The van der Waals surface area contributed by atoms with Crippen LogP contribution >= 0.6 is 15.9 Å². The molecule has 0 unspecified atom stereocenters. The SMILES string of the molecule is CCOc1cc(/C=N\Nc2ccc([N+](=O)[O-])cc2[N+](=O)[O-])cc(Br)c1OS(=O)(=O)c1ccc(C)cc1. The summed E-state index contributed by atoms with van der Waals surface area (Å²) in [7, 11) is -4.15. The molecule has 3 rings (SSSR count). The van der Waals surface area contributed by atoms with Crippen LogP contribution in [0.15, 0.2) is 69.1 Å². The van der Waals surface area contributed by atoms with E-state index in [0.29, 0.717) is 5.56 Å². The van der Waals surface area contributed by atoms with E-state index in [1.807, 2.05) is 6.92 Å². The number of nitrogens with one attached hydrogen (secondary N) is 1. The van der Waals surface area contributed by atoms with E-state index in [9.17, 15) is 28.6 Å². The van der Waals surface area contributed by atoms with E-state index in [1.54, 1.807) is 19.1 Å². The fourth-order valence-electron chi connectivity index (χ4n) is 2.92. The molecule has 14 heteroatoms. The summed E-state index contributed by atoms with van der Waals surface area (Å²) in [4.78, 5) is 20.6. The van der Waals surface area contributed by atoms with Crippen LogP contribution in [-0.4, -0.2) is 31.1 Å². The van der Waals surface area contributed by atoms with Crippen molar-refractivity contribution < 1.29 is 27.2 Å². The highest BCUT2D eigenvalue weighted by Gasteiger charge is 2.22.